The summed E-state index contributed by atoms with van der Waals surface area (Å²) in [7, 11) is 4.75. The zero-order valence-electron chi connectivity index (χ0n) is 21.3. The van der Waals surface area contributed by atoms with E-state index in [0.29, 0.717) is 12.5 Å². The van der Waals surface area contributed by atoms with Crippen molar-refractivity contribution in [1.82, 2.24) is 0 Å². The van der Waals surface area contributed by atoms with E-state index in [2.05, 4.69) is 23.8 Å². The van der Waals surface area contributed by atoms with Crippen LogP contribution >= 0.6 is 0 Å². The molecule has 0 amide bonds. The van der Waals surface area contributed by atoms with E-state index in [1.165, 1.54) is 52.1 Å². The molecule has 0 saturated carbocycles. The number of hydrogen-bond donors (Lipinski definition) is 0. The quantitative estimate of drug-likeness (QED) is 0.0941. The Bertz CT molecular complexity index is 699. The number of carbonyl (C=O) groups excluding carboxylic acids is 1. The lowest BCUT2D eigenvalue weighted by Crippen LogP contribution is -2.04. The summed E-state index contributed by atoms with van der Waals surface area (Å²) in [5.41, 5.74) is 1.03. The number of nitrogens with zero attached hydrogens (tertiary/aromatic N) is 1. The second-order valence-electron chi connectivity index (χ2n) is 8.49. The molecule has 0 heterocycles. The second-order valence-corrected chi connectivity index (χ2v) is 8.49. The van der Waals surface area contributed by atoms with Gasteiger partial charge in [-0.25, -0.2) is 0 Å². The molecule has 0 fully saturated rings. The van der Waals surface area contributed by atoms with Crippen molar-refractivity contribution >= 4 is 12.2 Å². The van der Waals surface area contributed by atoms with Gasteiger partial charge in [0, 0.05) is 12.6 Å². The SMILES string of the molecule is CCCCCCC(C/C=C\CCCCCCCC(=O)OC)N=Cc1ccc(OC)c(OC)c1. The lowest BCUT2D eigenvalue weighted by molar-refractivity contribution is -0.140. The number of benzene rings is 1. The van der Waals surface area contributed by atoms with E-state index >= 15 is 0 Å². The average Bonchev–Trinajstić information content (AvgIpc) is 2.85. The molecule has 0 radical (unpaired) electrons. The molecular weight excluding hydrogens is 414 g/mol. The van der Waals surface area contributed by atoms with Gasteiger partial charge in [0.2, 0.25) is 0 Å². The monoisotopic (exact) mass is 459 g/mol. The maximum absolute atomic E-state index is 11.1. The van der Waals surface area contributed by atoms with Crippen molar-refractivity contribution in [3.8, 4) is 11.5 Å². The number of hydrogen-bond acceptors (Lipinski definition) is 5. The Labute approximate surface area is 201 Å². The van der Waals surface area contributed by atoms with Crippen molar-refractivity contribution in [2.24, 2.45) is 4.99 Å². The third kappa shape index (κ3) is 13.8. The molecule has 5 heteroatoms. The van der Waals surface area contributed by atoms with Gasteiger partial charge >= 0.3 is 5.97 Å². The van der Waals surface area contributed by atoms with Crippen molar-refractivity contribution in [1.29, 1.82) is 0 Å². The fourth-order valence-corrected chi connectivity index (χ4v) is 3.72. The summed E-state index contributed by atoms with van der Waals surface area (Å²) in [5, 5.41) is 0. The summed E-state index contributed by atoms with van der Waals surface area (Å²) in [6.45, 7) is 2.24. The smallest absolute Gasteiger partial charge is 0.305 e. The van der Waals surface area contributed by atoms with Crippen LogP contribution in [-0.2, 0) is 9.53 Å². The van der Waals surface area contributed by atoms with Gasteiger partial charge in [0.05, 0.1) is 27.4 Å². The summed E-state index contributed by atoms with van der Waals surface area (Å²) in [4.78, 5) is 16.0. The molecule has 0 aliphatic rings. The van der Waals surface area contributed by atoms with E-state index in [0.717, 1.165) is 49.2 Å². The topological polar surface area (TPSA) is 57.1 Å². The maximum atomic E-state index is 11.1. The van der Waals surface area contributed by atoms with Crippen LogP contribution in [0.25, 0.3) is 0 Å². The molecule has 0 aliphatic heterocycles. The van der Waals surface area contributed by atoms with Crippen LogP contribution in [0.4, 0.5) is 0 Å². The zero-order chi connectivity index (χ0) is 24.2. The van der Waals surface area contributed by atoms with Crippen LogP contribution in [0.1, 0.15) is 96.0 Å². The molecule has 1 unspecified atom stereocenters. The molecule has 186 valence electrons. The van der Waals surface area contributed by atoms with Gasteiger partial charge in [0.25, 0.3) is 0 Å². The van der Waals surface area contributed by atoms with Gasteiger partial charge in [-0.1, -0.05) is 64.0 Å². The second kappa shape index (κ2) is 19.2. The standard InChI is InChI=1S/C28H45NO4/c1-5-6-7-14-17-25(29-23-24-20-21-26(31-2)27(22-24)32-3)18-15-12-10-8-9-11-13-16-19-28(30)33-4/h12,15,20-23,25H,5-11,13-14,16-19H2,1-4H3/b15-12-,29-23?. The largest absolute Gasteiger partial charge is 0.493 e. The van der Waals surface area contributed by atoms with E-state index in [-0.39, 0.29) is 5.97 Å². The molecule has 0 aliphatic carbocycles. The van der Waals surface area contributed by atoms with Crippen molar-refractivity contribution in [2.75, 3.05) is 21.3 Å². The van der Waals surface area contributed by atoms with Gasteiger partial charge in [-0.05, 0) is 55.9 Å². The molecule has 1 aromatic rings. The van der Waals surface area contributed by atoms with Gasteiger partial charge < -0.3 is 14.2 Å². The van der Waals surface area contributed by atoms with Crippen LogP contribution < -0.4 is 9.47 Å². The van der Waals surface area contributed by atoms with Gasteiger partial charge in [-0.2, -0.15) is 0 Å². The molecule has 0 N–H and O–H groups in total. The third-order valence-corrected chi connectivity index (χ3v) is 5.79. The summed E-state index contributed by atoms with van der Waals surface area (Å²) in [5.74, 6) is 1.36. The third-order valence-electron chi connectivity index (χ3n) is 5.79. The van der Waals surface area contributed by atoms with Crippen molar-refractivity contribution < 1.29 is 19.0 Å². The molecule has 1 rings (SSSR count). The molecule has 0 bridgehead atoms. The van der Waals surface area contributed by atoms with Gasteiger partial charge in [-0.15, -0.1) is 0 Å². The average molecular weight is 460 g/mol. The highest BCUT2D eigenvalue weighted by atomic mass is 16.5. The van der Waals surface area contributed by atoms with Crippen molar-refractivity contribution in [3.63, 3.8) is 0 Å². The Kier molecular flexibility index (Phi) is 16.7. The minimum Gasteiger partial charge on any atom is -0.493 e. The van der Waals surface area contributed by atoms with E-state index in [1.54, 1.807) is 14.2 Å². The summed E-state index contributed by atoms with van der Waals surface area (Å²) in [6, 6.07) is 6.22. The Morgan fingerprint density at radius 2 is 1.64 bits per heavy atom. The summed E-state index contributed by atoms with van der Waals surface area (Å²) in [6.07, 6.45) is 21.0. The van der Waals surface area contributed by atoms with Crippen molar-refractivity contribution in [2.45, 2.75) is 96.4 Å². The van der Waals surface area contributed by atoms with Crippen molar-refractivity contribution in [3.05, 3.63) is 35.9 Å². The molecule has 5 nitrogen and oxygen atoms in total. The molecular formula is C28H45NO4. The maximum Gasteiger partial charge on any atom is 0.305 e. The normalized spacial score (nSPS) is 12.4. The Morgan fingerprint density at radius 3 is 2.36 bits per heavy atom. The van der Waals surface area contributed by atoms with Crippen LogP contribution in [0, 0.1) is 0 Å². The number of methoxy groups -OCH3 is 3. The number of carbonyl (C=O) groups is 1. The first kappa shape index (κ1) is 28.7. The first-order chi connectivity index (χ1) is 16.1. The van der Waals surface area contributed by atoms with Crippen LogP contribution in [0.3, 0.4) is 0 Å². The summed E-state index contributed by atoms with van der Waals surface area (Å²) >= 11 is 0. The van der Waals surface area contributed by atoms with Crippen LogP contribution in [-0.4, -0.2) is 39.6 Å². The van der Waals surface area contributed by atoms with Crippen LogP contribution in [0.5, 0.6) is 11.5 Å². The van der Waals surface area contributed by atoms with E-state index < -0.39 is 0 Å². The lowest BCUT2D eigenvalue weighted by Gasteiger charge is -2.11. The van der Waals surface area contributed by atoms with E-state index in [9.17, 15) is 4.79 Å². The number of aliphatic imine (C=N–C) groups is 1. The van der Waals surface area contributed by atoms with Crippen LogP contribution in [0.15, 0.2) is 35.3 Å². The molecule has 0 spiro atoms. The van der Waals surface area contributed by atoms with Crippen LogP contribution in [0.2, 0.25) is 0 Å². The fraction of sp³-hybridized carbons (Fsp3) is 0.643. The van der Waals surface area contributed by atoms with Gasteiger partial charge in [-0.3, -0.25) is 9.79 Å². The van der Waals surface area contributed by atoms with Gasteiger partial charge in [0.1, 0.15) is 0 Å². The Hall–Kier alpha value is -2.30. The minimum atomic E-state index is -0.101. The Balaban J connectivity index is 2.44. The molecule has 0 saturated heterocycles. The first-order valence-electron chi connectivity index (χ1n) is 12.6. The summed E-state index contributed by atoms with van der Waals surface area (Å²) < 4.78 is 15.4. The minimum absolute atomic E-state index is 0.101. The van der Waals surface area contributed by atoms with E-state index in [1.807, 2.05) is 24.4 Å². The first-order valence-corrected chi connectivity index (χ1v) is 12.6. The highest BCUT2D eigenvalue weighted by Gasteiger charge is 2.06. The zero-order valence-corrected chi connectivity index (χ0v) is 21.3. The molecule has 33 heavy (non-hydrogen) atoms. The molecule has 0 aromatic heterocycles. The number of esters is 1. The fourth-order valence-electron chi connectivity index (χ4n) is 3.72. The highest BCUT2D eigenvalue weighted by molar-refractivity contribution is 5.81. The van der Waals surface area contributed by atoms with Gasteiger partial charge in [0.15, 0.2) is 11.5 Å². The lowest BCUT2D eigenvalue weighted by atomic mass is 10.0. The Morgan fingerprint density at radius 1 is 0.909 bits per heavy atom. The van der Waals surface area contributed by atoms with E-state index in [4.69, 9.17) is 14.5 Å². The molecule has 1 atom stereocenters. The number of allylic oxidation sites excluding steroid dienone is 1. The number of unbranched alkanes of at least 4 members (excludes halogenated alkanes) is 8. The highest BCUT2D eigenvalue weighted by Crippen LogP contribution is 2.27. The predicted octanol–water partition coefficient (Wildman–Crippen LogP) is 7.31. The number of rotatable bonds is 19. The molecule has 1 aromatic carbocycles. The predicted molar refractivity (Wildman–Crippen MR) is 138 cm³/mol. The number of ether oxygens (including phenoxy) is 3.